The molecule has 148 valence electrons. The fourth-order valence-electron chi connectivity index (χ4n) is 2.93. The lowest BCUT2D eigenvalue weighted by Gasteiger charge is -2.10. The van der Waals surface area contributed by atoms with Crippen LogP contribution in [0.1, 0.15) is 0 Å². The van der Waals surface area contributed by atoms with E-state index >= 15 is 0 Å². The second-order valence-corrected chi connectivity index (χ2v) is 7.42. The van der Waals surface area contributed by atoms with Crippen molar-refractivity contribution in [1.82, 2.24) is 9.97 Å². The molecule has 0 radical (unpaired) electrons. The Morgan fingerprint density at radius 1 is 0.862 bits per heavy atom. The fourth-order valence-corrected chi connectivity index (χ4v) is 3.19. The number of halogens is 1. The molecular formula is C20H15BrN3O4S-. The standard InChI is InChI=1S/C20H13BrN2O2.H3NO2S/c21-15-8-6-12(7-9-15)14-10-16(13-4-2-1-3-5-13)18-17(11-14)19(24)23-20(25)22-18;1-4(2)3/h1-11H,(H2,22,23,24,25);1H2,(H,2,3)/p-1. The lowest BCUT2D eigenvalue weighted by Crippen LogP contribution is -2.22. The van der Waals surface area contributed by atoms with Crippen molar-refractivity contribution in [3.05, 3.63) is 92.0 Å². The second kappa shape index (κ2) is 9.10. The molecule has 1 heterocycles. The number of nitrogens with two attached hydrogens (primary N) is 1. The van der Waals surface area contributed by atoms with Crippen molar-refractivity contribution in [1.29, 1.82) is 0 Å². The summed E-state index contributed by atoms with van der Waals surface area (Å²) in [5.74, 6) is 0. The van der Waals surface area contributed by atoms with E-state index in [1.165, 1.54) is 0 Å². The maximum absolute atomic E-state index is 12.3. The van der Waals surface area contributed by atoms with Gasteiger partial charge in [-0.15, -0.1) is 0 Å². The Kier molecular flexibility index (Phi) is 6.55. The molecule has 0 saturated heterocycles. The van der Waals surface area contributed by atoms with Gasteiger partial charge in [0.05, 0.1) is 10.9 Å². The van der Waals surface area contributed by atoms with Crippen LogP contribution in [0.4, 0.5) is 0 Å². The molecule has 1 aromatic heterocycles. The number of aromatic amines is 2. The van der Waals surface area contributed by atoms with Gasteiger partial charge in [-0.2, -0.15) is 0 Å². The Hall–Kier alpha value is -2.85. The molecule has 4 rings (SSSR count). The zero-order valence-electron chi connectivity index (χ0n) is 14.8. The first-order chi connectivity index (χ1) is 13.8. The molecule has 9 heteroatoms. The molecule has 0 amide bonds. The van der Waals surface area contributed by atoms with Crippen LogP contribution in [0.15, 0.2) is 80.8 Å². The molecule has 7 nitrogen and oxygen atoms in total. The number of benzene rings is 3. The molecule has 0 aliphatic heterocycles. The van der Waals surface area contributed by atoms with Crippen LogP contribution in [0.3, 0.4) is 0 Å². The molecule has 0 aliphatic carbocycles. The maximum atomic E-state index is 12.3. The van der Waals surface area contributed by atoms with Gasteiger partial charge in [0.25, 0.3) is 5.56 Å². The largest absolute Gasteiger partial charge is 0.760 e. The van der Waals surface area contributed by atoms with Gasteiger partial charge >= 0.3 is 5.69 Å². The summed E-state index contributed by atoms with van der Waals surface area (Å²) in [7, 11) is 0. The van der Waals surface area contributed by atoms with Gasteiger partial charge in [0.15, 0.2) is 0 Å². The highest BCUT2D eigenvalue weighted by atomic mass is 79.9. The van der Waals surface area contributed by atoms with Gasteiger partial charge in [0.2, 0.25) is 0 Å². The first-order valence-electron chi connectivity index (χ1n) is 8.30. The Bertz CT molecular complexity index is 1280. The van der Waals surface area contributed by atoms with Gasteiger partial charge in [-0.3, -0.25) is 19.1 Å². The zero-order valence-corrected chi connectivity index (χ0v) is 17.2. The third-order valence-corrected chi connectivity index (χ3v) is 4.64. The third kappa shape index (κ3) is 5.15. The predicted molar refractivity (Wildman–Crippen MR) is 117 cm³/mol. The predicted octanol–water partition coefficient (Wildman–Crippen LogP) is 3.05. The van der Waals surface area contributed by atoms with Crippen molar-refractivity contribution in [2.75, 3.05) is 0 Å². The summed E-state index contributed by atoms with van der Waals surface area (Å²) in [5.41, 5.74) is 3.30. The van der Waals surface area contributed by atoms with E-state index in [9.17, 15) is 9.59 Å². The topological polar surface area (TPSA) is 132 Å². The number of hydrogen-bond acceptors (Lipinski definition) is 4. The van der Waals surface area contributed by atoms with Crippen molar-refractivity contribution in [2.45, 2.75) is 0 Å². The molecule has 4 aromatic rings. The zero-order chi connectivity index (χ0) is 21.0. The summed E-state index contributed by atoms with van der Waals surface area (Å²) in [6, 6.07) is 21.4. The van der Waals surface area contributed by atoms with E-state index in [1.807, 2.05) is 60.7 Å². The van der Waals surface area contributed by atoms with Crippen molar-refractivity contribution in [3.8, 4) is 22.3 Å². The Morgan fingerprint density at radius 3 is 2.10 bits per heavy atom. The van der Waals surface area contributed by atoms with Crippen LogP contribution in [-0.2, 0) is 11.3 Å². The molecule has 4 N–H and O–H groups in total. The van der Waals surface area contributed by atoms with Gasteiger partial charge in [-0.25, -0.2) is 4.79 Å². The SMILES string of the molecule is NS(=O)[O-].O=c1[nH]c(=O)c2cc(-c3ccc(Br)cc3)cc(-c3ccccc3)c2[nH]1. The quantitative estimate of drug-likeness (QED) is 0.386. The van der Waals surface area contributed by atoms with Crippen LogP contribution < -0.4 is 16.4 Å². The molecule has 0 aliphatic rings. The summed E-state index contributed by atoms with van der Waals surface area (Å²) < 4.78 is 18.5. The summed E-state index contributed by atoms with van der Waals surface area (Å²) >= 11 is 1.07. The van der Waals surface area contributed by atoms with E-state index in [0.29, 0.717) is 10.9 Å². The highest BCUT2D eigenvalue weighted by Crippen LogP contribution is 2.32. The summed E-state index contributed by atoms with van der Waals surface area (Å²) in [6.45, 7) is 0. The highest BCUT2D eigenvalue weighted by molar-refractivity contribution is 9.10. The van der Waals surface area contributed by atoms with E-state index in [2.05, 4.69) is 31.0 Å². The lowest BCUT2D eigenvalue weighted by molar-refractivity contribution is 0.539. The van der Waals surface area contributed by atoms with Crippen LogP contribution >= 0.6 is 15.9 Å². The van der Waals surface area contributed by atoms with E-state index in [4.69, 9.17) is 8.76 Å². The summed E-state index contributed by atoms with van der Waals surface area (Å²) in [6.07, 6.45) is 0. The average Bonchev–Trinajstić information content (AvgIpc) is 2.68. The van der Waals surface area contributed by atoms with Crippen LogP contribution in [0.5, 0.6) is 0 Å². The summed E-state index contributed by atoms with van der Waals surface area (Å²) in [5, 5.41) is 4.49. The van der Waals surface area contributed by atoms with Crippen molar-refractivity contribution >= 4 is 38.1 Å². The molecule has 0 fully saturated rings. The molecule has 29 heavy (non-hydrogen) atoms. The molecule has 1 atom stereocenters. The Labute approximate surface area is 176 Å². The number of hydrogen-bond donors (Lipinski definition) is 3. The van der Waals surface area contributed by atoms with Crippen LogP contribution in [0, 0.1) is 0 Å². The van der Waals surface area contributed by atoms with Crippen LogP contribution in [0.25, 0.3) is 33.2 Å². The maximum Gasteiger partial charge on any atom is 0.326 e. The monoisotopic (exact) mass is 472 g/mol. The van der Waals surface area contributed by atoms with Gasteiger partial charge in [-0.1, -0.05) is 58.4 Å². The molecule has 0 spiro atoms. The lowest BCUT2D eigenvalue weighted by atomic mass is 9.96. The fraction of sp³-hybridized carbons (Fsp3) is 0. The van der Waals surface area contributed by atoms with Crippen LogP contribution in [-0.4, -0.2) is 18.7 Å². The van der Waals surface area contributed by atoms with Gasteiger partial charge < -0.3 is 9.54 Å². The van der Waals surface area contributed by atoms with Gasteiger partial charge in [0.1, 0.15) is 0 Å². The molecule has 1 unspecified atom stereocenters. The minimum atomic E-state index is -2.36. The van der Waals surface area contributed by atoms with E-state index < -0.39 is 22.5 Å². The number of H-pyrrole nitrogens is 2. The van der Waals surface area contributed by atoms with E-state index in [0.717, 1.165) is 26.7 Å². The minimum absolute atomic E-state index is 0.394. The second-order valence-electron chi connectivity index (χ2n) is 5.99. The van der Waals surface area contributed by atoms with Crippen molar-refractivity contribution in [2.24, 2.45) is 5.14 Å². The Balaban J connectivity index is 0.000000552. The molecule has 0 bridgehead atoms. The number of nitrogens with one attached hydrogen (secondary N) is 2. The minimum Gasteiger partial charge on any atom is -0.760 e. The Morgan fingerprint density at radius 2 is 1.48 bits per heavy atom. The van der Waals surface area contributed by atoms with Gasteiger partial charge in [-0.05, 0) is 41.0 Å². The first-order valence-corrected chi connectivity index (χ1v) is 10.2. The smallest absolute Gasteiger partial charge is 0.326 e. The van der Waals surface area contributed by atoms with Gasteiger partial charge in [0, 0.05) is 21.3 Å². The molecular weight excluding hydrogens is 458 g/mol. The number of rotatable bonds is 2. The van der Waals surface area contributed by atoms with Crippen molar-refractivity contribution < 1.29 is 8.76 Å². The van der Waals surface area contributed by atoms with Crippen LogP contribution in [0.2, 0.25) is 0 Å². The average molecular weight is 473 g/mol. The first kappa shape index (κ1) is 20.9. The van der Waals surface area contributed by atoms with Crippen molar-refractivity contribution in [3.63, 3.8) is 0 Å². The van der Waals surface area contributed by atoms with E-state index in [-0.39, 0.29) is 0 Å². The normalized spacial score (nSPS) is 11.6. The number of aromatic nitrogens is 2. The molecule has 3 aromatic carbocycles. The molecule has 0 saturated carbocycles. The summed E-state index contributed by atoms with van der Waals surface area (Å²) in [4.78, 5) is 29.2. The van der Waals surface area contributed by atoms with E-state index in [1.54, 1.807) is 6.07 Å². The number of fused-ring (bicyclic) bond motifs is 1. The highest BCUT2D eigenvalue weighted by Gasteiger charge is 2.11. The third-order valence-electron chi connectivity index (χ3n) is 4.11.